The van der Waals surface area contributed by atoms with E-state index >= 15 is 0 Å². The van der Waals surface area contributed by atoms with Crippen LogP contribution in [-0.4, -0.2) is 48.6 Å². The first-order valence-electron chi connectivity index (χ1n) is 13.3. The summed E-state index contributed by atoms with van der Waals surface area (Å²) in [6, 6.07) is 3.04. The van der Waals surface area contributed by atoms with Gasteiger partial charge in [0.2, 0.25) is 0 Å². The smallest absolute Gasteiger partial charge is 0.295 e. The number of aryl methyl sites for hydroxylation is 1. The Morgan fingerprint density at radius 3 is 2.54 bits per heavy atom. The highest BCUT2D eigenvalue weighted by molar-refractivity contribution is 7.91. The van der Waals surface area contributed by atoms with Crippen molar-refractivity contribution >= 4 is 26.8 Å². The zero-order valence-electron chi connectivity index (χ0n) is 22.5. The summed E-state index contributed by atoms with van der Waals surface area (Å²) in [4.78, 5) is 41.1. The first kappa shape index (κ1) is 26.8. The Kier molecular flexibility index (Phi) is 7.39. The summed E-state index contributed by atoms with van der Waals surface area (Å²) in [5, 5.41) is 3.09. The van der Waals surface area contributed by atoms with Crippen molar-refractivity contribution in [3.63, 3.8) is 0 Å². The average Bonchev–Trinajstić information content (AvgIpc) is 3.77. The molecule has 204 valence electrons. The average molecular weight is 549 g/mol. The monoisotopic (exact) mass is 548 g/mol. The molecule has 0 aliphatic heterocycles. The Morgan fingerprint density at radius 2 is 1.87 bits per heavy atom. The fourth-order valence-corrected chi connectivity index (χ4v) is 5.49. The minimum atomic E-state index is -3.33. The van der Waals surface area contributed by atoms with Crippen LogP contribution >= 0.6 is 0 Å². The molecule has 4 aromatic heterocycles. The van der Waals surface area contributed by atoms with Crippen molar-refractivity contribution in [2.75, 3.05) is 11.1 Å². The molecule has 0 unspecified atom stereocenters. The second-order valence-corrected chi connectivity index (χ2v) is 12.2. The van der Waals surface area contributed by atoms with Crippen molar-refractivity contribution < 1.29 is 8.42 Å². The highest BCUT2D eigenvalue weighted by Crippen LogP contribution is 2.43. The minimum absolute atomic E-state index is 0.00527. The number of nitrogens with zero attached hydrogens (tertiary/aromatic N) is 7. The van der Waals surface area contributed by atoms with Gasteiger partial charge in [0.15, 0.2) is 27.1 Å². The largest absolute Gasteiger partial charge is 0.360 e. The van der Waals surface area contributed by atoms with Gasteiger partial charge in [-0.1, -0.05) is 20.3 Å². The second kappa shape index (κ2) is 10.8. The number of anilines is 1. The van der Waals surface area contributed by atoms with Crippen molar-refractivity contribution in [2.24, 2.45) is 0 Å². The predicted molar refractivity (Wildman–Crippen MR) is 148 cm³/mol. The van der Waals surface area contributed by atoms with E-state index in [1.807, 2.05) is 13.8 Å². The van der Waals surface area contributed by atoms with Gasteiger partial charge >= 0.3 is 0 Å². The number of rotatable bonds is 10. The Morgan fingerprint density at radius 1 is 1.08 bits per heavy atom. The van der Waals surface area contributed by atoms with E-state index in [1.54, 1.807) is 30.1 Å². The molecule has 12 heteroatoms. The molecule has 39 heavy (non-hydrogen) atoms. The molecule has 4 heterocycles. The summed E-state index contributed by atoms with van der Waals surface area (Å²) in [7, 11) is -3.33. The van der Waals surface area contributed by atoms with Crippen LogP contribution in [0.4, 0.5) is 5.82 Å². The third-order valence-electron chi connectivity index (χ3n) is 7.01. The zero-order valence-corrected chi connectivity index (χ0v) is 23.4. The molecule has 1 fully saturated rings. The van der Waals surface area contributed by atoms with Crippen LogP contribution in [0.2, 0.25) is 0 Å². The fourth-order valence-electron chi connectivity index (χ4n) is 4.67. The molecule has 5 rings (SSSR count). The van der Waals surface area contributed by atoms with Crippen molar-refractivity contribution in [2.45, 2.75) is 76.8 Å². The molecule has 1 saturated carbocycles. The molecule has 1 aliphatic rings. The summed E-state index contributed by atoms with van der Waals surface area (Å²) in [5.41, 5.74) is 3.83. The summed E-state index contributed by atoms with van der Waals surface area (Å²) in [5.74, 6) is 1.04. The molecule has 1 aliphatic carbocycles. The van der Waals surface area contributed by atoms with Crippen LogP contribution in [0.15, 0.2) is 40.5 Å². The van der Waals surface area contributed by atoms with Gasteiger partial charge < -0.3 is 5.32 Å². The van der Waals surface area contributed by atoms with Crippen LogP contribution in [-0.2, 0) is 16.4 Å². The molecule has 0 aromatic carbocycles. The van der Waals surface area contributed by atoms with Crippen LogP contribution in [0.25, 0.3) is 22.6 Å². The standard InChI is InChI=1S/C27H32N8O3S/c1-5-7-16(3)35-26-21(14-30-24(34-26)22-17(4)31-15-32-23(22)18-8-9-18)33-25(27(35)36)29-12-19-10-11-20(13-28-19)39(37,38)6-2/h10-11,13-16,18H,5-9,12H2,1-4H3,(H,29,33)/t16-/m0/s1. The molecule has 0 spiro atoms. The molecule has 4 aromatic rings. The lowest BCUT2D eigenvalue weighted by Crippen LogP contribution is -2.28. The van der Waals surface area contributed by atoms with Gasteiger partial charge in [0.25, 0.3) is 5.56 Å². The van der Waals surface area contributed by atoms with Crippen LogP contribution in [0.1, 0.15) is 75.5 Å². The Bertz CT molecular complexity index is 1680. The third-order valence-corrected chi connectivity index (χ3v) is 8.73. The maximum atomic E-state index is 13.7. The number of sulfone groups is 1. The SMILES string of the molecule is CCC[C@H](C)n1c(=O)c(NCc2ccc(S(=O)(=O)CC)cn2)nc2cnc(-c3c(C)ncnc3C3CC3)nc21. The second-order valence-electron chi connectivity index (χ2n) is 9.91. The van der Waals surface area contributed by atoms with Gasteiger partial charge in [-0.2, -0.15) is 0 Å². The van der Waals surface area contributed by atoms with E-state index in [1.165, 1.54) is 12.3 Å². The van der Waals surface area contributed by atoms with Crippen LogP contribution in [0.3, 0.4) is 0 Å². The molecule has 0 saturated heterocycles. The number of pyridine rings is 1. The van der Waals surface area contributed by atoms with Crippen molar-refractivity contribution in [3.8, 4) is 11.4 Å². The number of fused-ring (bicyclic) bond motifs is 1. The van der Waals surface area contributed by atoms with Gasteiger partial charge in [0, 0.05) is 18.2 Å². The molecular weight excluding hydrogens is 516 g/mol. The van der Waals surface area contributed by atoms with Crippen molar-refractivity contribution in [3.05, 3.63) is 58.3 Å². The molecular formula is C27H32N8O3S. The third kappa shape index (κ3) is 5.38. The molecule has 0 bridgehead atoms. The topological polar surface area (TPSA) is 146 Å². The molecule has 0 radical (unpaired) electrons. The lowest BCUT2D eigenvalue weighted by molar-refractivity contribution is 0.497. The van der Waals surface area contributed by atoms with E-state index in [0.29, 0.717) is 28.6 Å². The summed E-state index contributed by atoms with van der Waals surface area (Å²) >= 11 is 0. The number of hydrogen-bond donors (Lipinski definition) is 1. The first-order valence-corrected chi connectivity index (χ1v) is 14.9. The van der Waals surface area contributed by atoms with E-state index in [-0.39, 0.29) is 34.6 Å². The van der Waals surface area contributed by atoms with Crippen LogP contribution in [0, 0.1) is 6.92 Å². The molecule has 11 nitrogen and oxygen atoms in total. The highest BCUT2D eigenvalue weighted by Gasteiger charge is 2.30. The Labute approximate surface area is 227 Å². The quantitative estimate of drug-likeness (QED) is 0.309. The number of nitrogens with one attached hydrogen (secondary N) is 1. The predicted octanol–water partition coefficient (Wildman–Crippen LogP) is 3.99. The molecule has 0 amide bonds. The maximum absolute atomic E-state index is 13.7. The fraction of sp³-hybridized carbons (Fsp3) is 0.444. The summed E-state index contributed by atoms with van der Waals surface area (Å²) in [6.45, 7) is 7.79. The van der Waals surface area contributed by atoms with Gasteiger partial charge in [-0.15, -0.1) is 0 Å². The van der Waals surface area contributed by atoms with E-state index in [2.05, 4.69) is 37.2 Å². The van der Waals surface area contributed by atoms with E-state index < -0.39 is 9.84 Å². The lowest BCUT2D eigenvalue weighted by Gasteiger charge is -2.19. The van der Waals surface area contributed by atoms with E-state index in [4.69, 9.17) is 4.98 Å². The number of hydrogen-bond acceptors (Lipinski definition) is 10. The Balaban J connectivity index is 1.54. The van der Waals surface area contributed by atoms with E-state index in [0.717, 1.165) is 42.6 Å². The van der Waals surface area contributed by atoms with Gasteiger partial charge in [0.05, 0.1) is 46.0 Å². The minimum Gasteiger partial charge on any atom is -0.360 e. The summed E-state index contributed by atoms with van der Waals surface area (Å²) < 4.78 is 25.8. The first-order chi connectivity index (χ1) is 18.7. The lowest BCUT2D eigenvalue weighted by atomic mass is 10.1. The zero-order chi connectivity index (χ0) is 27.7. The summed E-state index contributed by atoms with van der Waals surface area (Å²) in [6.07, 6.45) is 8.40. The normalized spacial score (nSPS) is 14.5. The highest BCUT2D eigenvalue weighted by atomic mass is 32.2. The van der Waals surface area contributed by atoms with Crippen LogP contribution in [0.5, 0.6) is 0 Å². The maximum Gasteiger partial charge on any atom is 0.295 e. The van der Waals surface area contributed by atoms with Gasteiger partial charge in [-0.3, -0.25) is 14.3 Å². The van der Waals surface area contributed by atoms with Gasteiger partial charge in [-0.25, -0.2) is 33.3 Å². The van der Waals surface area contributed by atoms with Crippen LogP contribution < -0.4 is 10.9 Å². The number of aromatic nitrogens is 7. The van der Waals surface area contributed by atoms with E-state index in [9.17, 15) is 13.2 Å². The van der Waals surface area contributed by atoms with Gasteiger partial charge in [-0.05, 0) is 45.2 Å². The van der Waals surface area contributed by atoms with Crippen molar-refractivity contribution in [1.29, 1.82) is 0 Å². The Hall–Kier alpha value is -3.80. The van der Waals surface area contributed by atoms with Gasteiger partial charge in [0.1, 0.15) is 11.8 Å². The van der Waals surface area contributed by atoms with Crippen molar-refractivity contribution in [1.82, 2.24) is 34.5 Å². The molecule has 1 atom stereocenters. The molecule has 1 N–H and O–H groups in total.